The number of carboxylic acids is 1. The second-order valence-electron chi connectivity index (χ2n) is 4.66. The summed E-state index contributed by atoms with van der Waals surface area (Å²) in [6.07, 6.45) is 3.37. The summed E-state index contributed by atoms with van der Waals surface area (Å²) in [6.45, 7) is -0.368. The van der Waals surface area contributed by atoms with Crippen molar-refractivity contribution in [1.29, 1.82) is 0 Å². The molecule has 18 heavy (non-hydrogen) atoms. The van der Waals surface area contributed by atoms with Crippen LogP contribution in [0.2, 0.25) is 0 Å². The minimum Gasteiger partial charge on any atom is -0.480 e. The maximum Gasteiger partial charge on any atom is 0.326 e. The van der Waals surface area contributed by atoms with Crippen LogP contribution in [-0.4, -0.2) is 55.6 Å². The molecular weight excluding hydrogens is 260 g/mol. The summed E-state index contributed by atoms with van der Waals surface area (Å²) in [5, 5.41) is 11.3. The monoisotopic (exact) mass is 278 g/mol. The van der Waals surface area contributed by atoms with Crippen LogP contribution in [0, 0.1) is 5.92 Å². The van der Waals surface area contributed by atoms with Gasteiger partial charge in [-0.05, 0) is 12.3 Å². The number of carbonyl (C=O) groups is 2. The molecule has 0 radical (unpaired) electrons. The second kappa shape index (κ2) is 5.66. The summed E-state index contributed by atoms with van der Waals surface area (Å²) < 4.78 is 23.1. The lowest BCUT2D eigenvalue weighted by Crippen LogP contribution is -2.46. The van der Waals surface area contributed by atoms with Crippen LogP contribution >= 0.6 is 0 Å². The van der Waals surface area contributed by atoms with E-state index in [0.717, 1.165) is 23.4 Å². The highest BCUT2D eigenvalue weighted by molar-refractivity contribution is 7.88. The smallest absolute Gasteiger partial charge is 0.326 e. The maximum atomic E-state index is 11.5. The van der Waals surface area contributed by atoms with Gasteiger partial charge in [0.2, 0.25) is 15.9 Å². The van der Waals surface area contributed by atoms with Gasteiger partial charge in [0, 0.05) is 7.05 Å². The molecule has 0 aliphatic heterocycles. The van der Waals surface area contributed by atoms with E-state index in [9.17, 15) is 18.0 Å². The van der Waals surface area contributed by atoms with Crippen molar-refractivity contribution < 1.29 is 23.1 Å². The van der Waals surface area contributed by atoms with E-state index in [1.54, 1.807) is 0 Å². The van der Waals surface area contributed by atoms with Crippen LogP contribution in [0.4, 0.5) is 0 Å². The highest BCUT2D eigenvalue weighted by Gasteiger charge is 2.30. The molecule has 1 atom stereocenters. The molecule has 0 aromatic rings. The third-order valence-corrected chi connectivity index (χ3v) is 4.09. The van der Waals surface area contributed by atoms with E-state index in [1.165, 1.54) is 7.05 Å². The average Bonchev–Trinajstić information content (AvgIpc) is 2.98. The Bertz CT molecular complexity index is 430. The van der Waals surface area contributed by atoms with Crippen molar-refractivity contribution in [2.75, 3.05) is 19.8 Å². The van der Waals surface area contributed by atoms with Gasteiger partial charge in [0.1, 0.15) is 6.04 Å². The van der Waals surface area contributed by atoms with Crippen molar-refractivity contribution in [1.82, 2.24) is 9.62 Å². The Kier molecular flexibility index (Phi) is 4.69. The van der Waals surface area contributed by atoms with Crippen LogP contribution in [0.1, 0.15) is 19.3 Å². The van der Waals surface area contributed by atoms with Crippen molar-refractivity contribution >= 4 is 21.9 Å². The second-order valence-corrected chi connectivity index (χ2v) is 6.75. The molecule has 7 nitrogen and oxygen atoms in total. The fraction of sp³-hybridized carbons (Fsp3) is 0.800. The number of carboxylic acid groups (broad SMARTS) is 1. The number of rotatable bonds is 7. The summed E-state index contributed by atoms with van der Waals surface area (Å²) in [6, 6.07) is -0.932. The number of likely N-dealkylation sites (N-methyl/N-ethyl adjacent to an activating group) is 1. The van der Waals surface area contributed by atoms with Crippen molar-refractivity contribution in [2.24, 2.45) is 5.92 Å². The summed E-state index contributed by atoms with van der Waals surface area (Å²) in [5.41, 5.74) is 0. The standard InChI is InChI=1S/C10H18N2O5S/c1-12(18(2,16)17)6-9(13)11-8(10(14)15)5-7-3-4-7/h7-8H,3-6H2,1-2H3,(H,11,13)(H,14,15). The summed E-state index contributed by atoms with van der Waals surface area (Å²) >= 11 is 0. The van der Waals surface area contributed by atoms with Gasteiger partial charge in [-0.1, -0.05) is 12.8 Å². The zero-order valence-electron chi connectivity index (χ0n) is 10.4. The van der Waals surface area contributed by atoms with Crippen molar-refractivity contribution in [3.8, 4) is 0 Å². The first-order valence-electron chi connectivity index (χ1n) is 5.63. The van der Waals surface area contributed by atoms with E-state index < -0.39 is 27.9 Å². The van der Waals surface area contributed by atoms with E-state index >= 15 is 0 Å². The van der Waals surface area contributed by atoms with E-state index in [0.29, 0.717) is 12.3 Å². The number of nitrogens with one attached hydrogen (secondary N) is 1. The number of aliphatic carboxylic acids is 1. The van der Waals surface area contributed by atoms with E-state index in [4.69, 9.17) is 5.11 Å². The number of amides is 1. The Morgan fingerprint density at radius 1 is 1.44 bits per heavy atom. The van der Waals surface area contributed by atoms with Crippen LogP contribution in [0.25, 0.3) is 0 Å². The zero-order chi connectivity index (χ0) is 13.9. The maximum absolute atomic E-state index is 11.5. The molecule has 1 rings (SSSR count). The molecule has 0 aromatic heterocycles. The molecule has 0 bridgehead atoms. The minimum atomic E-state index is -3.44. The van der Waals surface area contributed by atoms with E-state index in [1.807, 2.05) is 0 Å². The van der Waals surface area contributed by atoms with Gasteiger partial charge >= 0.3 is 5.97 Å². The third-order valence-electron chi connectivity index (χ3n) is 2.83. The fourth-order valence-corrected chi connectivity index (χ4v) is 1.82. The molecule has 1 saturated carbocycles. The van der Waals surface area contributed by atoms with E-state index in [-0.39, 0.29) is 6.54 Å². The molecular formula is C10H18N2O5S. The number of hydrogen-bond donors (Lipinski definition) is 2. The lowest BCUT2D eigenvalue weighted by Gasteiger charge is -2.17. The van der Waals surface area contributed by atoms with Gasteiger partial charge in [0.25, 0.3) is 0 Å². The number of carbonyl (C=O) groups excluding carboxylic acids is 1. The topological polar surface area (TPSA) is 104 Å². The van der Waals surface area contributed by atoms with Gasteiger partial charge in [-0.3, -0.25) is 4.79 Å². The molecule has 2 N–H and O–H groups in total. The Morgan fingerprint density at radius 3 is 2.39 bits per heavy atom. The SMILES string of the molecule is CN(CC(=O)NC(CC1CC1)C(=O)O)S(C)(=O)=O. The van der Waals surface area contributed by atoms with Crippen LogP contribution in [0.15, 0.2) is 0 Å². The molecule has 0 aromatic carbocycles. The number of sulfonamides is 1. The Balaban J connectivity index is 2.48. The largest absolute Gasteiger partial charge is 0.480 e. The molecule has 0 saturated heterocycles. The highest BCUT2D eigenvalue weighted by Crippen LogP contribution is 2.33. The predicted octanol–water partition coefficient (Wildman–Crippen LogP) is -0.753. The van der Waals surface area contributed by atoms with Gasteiger partial charge in [0.15, 0.2) is 0 Å². The van der Waals surface area contributed by atoms with Crippen molar-refractivity contribution in [3.63, 3.8) is 0 Å². The lowest BCUT2D eigenvalue weighted by molar-refractivity contribution is -0.142. The number of nitrogens with zero attached hydrogens (tertiary/aromatic N) is 1. The Morgan fingerprint density at radius 2 is 2.00 bits per heavy atom. The fourth-order valence-electron chi connectivity index (χ4n) is 1.47. The summed E-state index contributed by atoms with van der Waals surface area (Å²) in [5.74, 6) is -1.33. The third kappa shape index (κ3) is 5.01. The Hall–Kier alpha value is -1.15. The van der Waals surface area contributed by atoms with Gasteiger partial charge in [0.05, 0.1) is 12.8 Å². The molecule has 104 valence electrons. The van der Waals surface area contributed by atoms with Crippen LogP contribution in [0.3, 0.4) is 0 Å². The molecule has 0 spiro atoms. The molecule has 8 heteroatoms. The molecule has 0 heterocycles. The average molecular weight is 278 g/mol. The first kappa shape index (κ1) is 14.9. The first-order chi connectivity index (χ1) is 8.20. The minimum absolute atomic E-state index is 0.360. The quantitative estimate of drug-likeness (QED) is 0.637. The van der Waals surface area contributed by atoms with Crippen LogP contribution in [0.5, 0.6) is 0 Å². The van der Waals surface area contributed by atoms with Crippen LogP contribution in [-0.2, 0) is 19.6 Å². The van der Waals surface area contributed by atoms with Gasteiger partial charge < -0.3 is 10.4 Å². The van der Waals surface area contributed by atoms with Gasteiger partial charge in [-0.15, -0.1) is 0 Å². The van der Waals surface area contributed by atoms with Crippen molar-refractivity contribution in [3.05, 3.63) is 0 Å². The molecule has 1 fully saturated rings. The van der Waals surface area contributed by atoms with Gasteiger partial charge in [-0.2, -0.15) is 4.31 Å². The Labute approximate surface area is 106 Å². The first-order valence-corrected chi connectivity index (χ1v) is 7.48. The summed E-state index contributed by atoms with van der Waals surface area (Å²) in [7, 11) is -2.17. The molecule has 1 amide bonds. The van der Waals surface area contributed by atoms with Crippen LogP contribution < -0.4 is 5.32 Å². The lowest BCUT2D eigenvalue weighted by atomic mass is 10.1. The van der Waals surface area contributed by atoms with Crippen molar-refractivity contribution in [2.45, 2.75) is 25.3 Å². The van der Waals surface area contributed by atoms with Gasteiger partial charge in [-0.25, -0.2) is 13.2 Å². The highest BCUT2D eigenvalue weighted by atomic mass is 32.2. The molecule has 1 aliphatic carbocycles. The van der Waals surface area contributed by atoms with E-state index in [2.05, 4.69) is 5.32 Å². The predicted molar refractivity (Wildman–Crippen MR) is 64.4 cm³/mol. The molecule has 1 aliphatic rings. The number of hydrogen-bond acceptors (Lipinski definition) is 4. The summed E-state index contributed by atoms with van der Waals surface area (Å²) in [4.78, 5) is 22.5. The normalized spacial score (nSPS) is 17.5. The zero-order valence-corrected chi connectivity index (χ0v) is 11.2. The molecule has 1 unspecified atom stereocenters.